The topological polar surface area (TPSA) is 176 Å². The number of nitrogens with two attached hydrogens (primary N) is 2. The number of carbonyl (C=O) groups is 3. The lowest BCUT2D eigenvalue weighted by Crippen LogP contribution is -2.41. The average molecular weight is 402 g/mol. The molecule has 0 aromatic carbocycles. The molecular formula is C18H32N4O6. The molecular weight excluding hydrogens is 370 g/mol. The summed E-state index contributed by atoms with van der Waals surface area (Å²) in [7, 11) is 0. The molecule has 0 radical (unpaired) electrons. The van der Waals surface area contributed by atoms with Crippen LogP contribution in [0.3, 0.4) is 0 Å². The zero-order valence-electron chi connectivity index (χ0n) is 16.5. The van der Waals surface area contributed by atoms with Crippen LogP contribution in [0, 0.1) is 6.92 Å². The molecule has 0 spiro atoms. The molecule has 1 aromatic rings. The SMILES string of the molecule is CC(=O)O.Cc1c[n+](CCCCC([15NH2])C(=O)O)cn1CCCCC([15NH2])C(=O)[O-]. The van der Waals surface area contributed by atoms with Crippen molar-refractivity contribution in [2.75, 3.05) is 0 Å². The molecule has 6 N–H and O–H groups in total. The van der Waals surface area contributed by atoms with E-state index in [0.717, 1.165) is 51.4 Å². The van der Waals surface area contributed by atoms with Crippen LogP contribution in [0.4, 0.5) is 0 Å². The third-order valence-corrected chi connectivity index (χ3v) is 4.06. The van der Waals surface area contributed by atoms with Crippen molar-refractivity contribution in [3.63, 3.8) is 0 Å². The Bertz CT molecular complexity index is 628. The van der Waals surface area contributed by atoms with Crippen LogP contribution < -0.4 is 21.1 Å². The molecule has 0 saturated carbocycles. The number of carboxylic acid groups (broad SMARTS) is 3. The normalized spacial score (nSPS) is 12.6. The van der Waals surface area contributed by atoms with Crippen LogP contribution >= 0.6 is 0 Å². The Kier molecular flexibility index (Phi) is 12.5. The highest BCUT2D eigenvalue weighted by Crippen LogP contribution is 2.05. The summed E-state index contributed by atoms with van der Waals surface area (Å²) in [4.78, 5) is 30.2. The first-order valence-corrected chi connectivity index (χ1v) is 9.24. The summed E-state index contributed by atoms with van der Waals surface area (Å²) in [6, 6.07) is -1.67. The van der Waals surface area contributed by atoms with Crippen molar-refractivity contribution >= 4 is 17.9 Å². The second-order valence-corrected chi connectivity index (χ2v) is 6.70. The van der Waals surface area contributed by atoms with Crippen LogP contribution in [0.2, 0.25) is 0 Å². The van der Waals surface area contributed by atoms with Crippen molar-refractivity contribution in [2.24, 2.45) is 11.5 Å². The average Bonchev–Trinajstić information content (AvgIpc) is 2.94. The summed E-state index contributed by atoms with van der Waals surface area (Å²) in [6.07, 6.45) is 8.20. The molecule has 0 fully saturated rings. The summed E-state index contributed by atoms with van der Waals surface area (Å²) < 4.78 is 4.20. The molecule has 0 bridgehead atoms. The molecule has 160 valence electrons. The lowest BCUT2D eigenvalue weighted by atomic mass is 10.1. The molecule has 10 nitrogen and oxygen atoms in total. The number of hydrogen-bond acceptors (Lipinski definition) is 6. The minimum absolute atomic E-state index is 0.423. The minimum Gasteiger partial charge on any atom is -0.548 e. The molecule has 0 saturated heterocycles. The molecule has 0 aliphatic heterocycles. The van der Waals surface area contributed by atoms with Crippen LogP contribution in [0.25, 0.3) is 0 Å². The van der Waals surface area contributed by atoms with Gasteiger partial charge in [-0.05, 0) is 38.5 Å². The standard InChI is InChI=1S/C16H28N4O4.C2H4O2/c1-12-10-19(8-4-2-6-13(17)15(21)22)11-20(12)9-5-3-7-14(18)16(23)24;1-2(3)4/h10-11,13-14H,2-9,17-18H2,1H3,(H-,21,22,23,24);1H3,(H,3,4)/i17+1,18+1;. The van der Waals surface area contributed by atoms with Crippen LogP contribution in [-0.2, 0) is 27.5 Å². The Morgan fingerprint density at radius 3 is 2.18 bits per heavy atom. The van der Waals surface area contributed by atoms with Crippen molar-refractivity contribution in [3.05, 3.63) is 18.2 Å². The highest BCUT2D eigenvalue weighted by Gasteiger charge is 2.12. The van der Waals surface area contributed by atoms with Gasteiger partial charge in [0, 0.05) is 19.9 Å². The van der Waals surface area contributed by atoms with Gasteiger partial charge in [0.25, 0.3) is 5.97 Å². The van der Waals surface area contributed by atoms with Gasteiger partial charge in [0.2, 0.25) is 6.33 Å². The number of aliphatic carboxylic acids is 3. The summed E-state index contributed by atoms with van der Waals surface area (Å²) in [5.74, 6) is -2.99. The monoisotopic (exact) mass is 402 g/mol. The second kappa shape index (κ2) is 13.7. The first-order chi connectivity index (χ1) is 13.0. The lowest BCUT2D eigenvalue weighted by molar-refractivity contribution is -0.697. The van der Waals surface area contributed by atoms with Crippen LogP contribution in [-0.4, -0.2) is 44.8 Å². The van der Waals surface area contributed by atoms with Gasteiger partial charge in [-0.15, -0.1) is 0 Å². The van der Waals surface area contributed by atoms with Gasteiger partial charge in [0.15, 0.2) is 0 Å². The third-order valence-electron chi connectivity index (χ3n) is 4.06. The molecule has 1 heterocycles. The van der Waals surface area contributed by atoms with E-state index in [2.05, 4.69) is 9.13 Å². The van der Waals surface area contributed by atoms with Gasteiger partial charge >= 0.3 is 5.97 Å². The zero-order chi connectivity index (χ0) is 21.7. The van der Waals surface area contributed by atoms with Gasteiger partial charge in [-0.3, -0.25) is 9.59 Å². The number of carboxylic acids is 3. The fourth-order valence-electron chi connectivity index (χ4n) is 2.52. The Morgan fingerprint density at radius 1 is 1.11 bits per heavy atom. The molecule has 2 unspecified atom stereocenters. The first kappa shape index (κ1) is 25.5. The van der Waals surface area contributed by atoms with Gasteiger partial charge < -0.3 is 31.6 Å². The summed E-state index contributed by atoms with van der Waals surface area (Å²) in [6.45, 7) is 4.72. The van der Waals surface area contributed by atoms with Crippen molar-refractivity contribution in [1.29, 1.82) is 0 Å². The van der Waals surface area contributed by atoms with Gasteiger partial charge in [-0.1, -0.05) is 0 Å². The Hall–Kier alpha value is -2.46. The maximum Gasteiger partial charge on any atom is 0.320 e. The molecule has 10 heteroatoms. The highest BCUT2D eigenvalue weighted by atomic mass is 16.4. The van der Waals surface area contributed by atoms with E-state index in [4.69, 9.17) is 26.5 Å². The number of imidazole rings is 1. The number of aromatic nitrogens is 2. The molecule has 0 aliphatic rings. The molecule has 0 amide bonds. The first-order valence-electron chi connectivity index (χ1n) is 9.24. The fraction of sp³-hybridized carbons (Fsp3) is 0.667. The van der Waals surface area contributed by atoms with Crippen molar-refractivity contribution in [1.82, 2.24) is 4.57 Å². The summed E-state index contributed by atoms with van der Waals surface area (Å²) >= 11 is 0. The van der Waals surface area contributed by atoms with Crippen molar-refractivity contribution < 1.29 is 34.3 Å². The lowest BCUT2D eigenvalue weighted by Gasteiger charge is -2.11. The number of hydrogen-bond donors (Lipinski definition) is 4. The van der Waals surface area contributed by atoms with Crippen LogP contribution in [0.1, 0.15) is 51.1 Å². The van der Waals surface area contributed by atoms with Crippen molar-refractivity contribution in [3.8, 4) is 0 Å². The fourth-order valence-corrected chi connectivity index (χ4v) is 2.52. The molecule has 1 aromatic heterocycles. The number of unbranched alkanes of at least 4 members (excludes halogenated alkanes) is 2. The quantitative estimate of drug-likeness (QED) is 0.195. The van der Waals surface area contributed by atoms with Crippen LogP contribution in [0.5, 0.6) is 0 Å². The third kappa shape index (κ3) is 12.0. The van der Waals surface area contributed by atoms with E-state index >= 15 is 0 Å². The Balaban J connectivity index is 0.00000165. The maximum absolute atomic E-state index is 10.6. The van der Waals surface area contributed by atoms with E-state index in [1.807, 2.05) is 19.4 Å². The number of rotatable bonds is 12. The van der Waals surface area contributed by atoms with E-state index in [-0.39, 0.29) is 0 Å². The largest absolute Gasteiger partial charge is 0.548 e. The predicted molar refractivity (Wildman–Crippen MR) is 99.0 cm³/mol. The van der Waals surface area contributed by atoms with Gasteiger partial charge in [-0.2, -0.15) is 0 Å². The van der Waals surface area contributed by atoms with E-state index in [0.29, 0.717) is 12.8 Å². The van der Waals surface area contributed by atoms with Crippen molar-refractivity contribution in [2.45, 2.75) is 77.5 Å². The van der Waals surface area contributed by atoms with Crippen LogP contribution in [0.15, 0.2) is 12.5 Å². The number of aryl methyl sites for hydroxylation is 3. The van der Waals surface area contributed by atoms with Gasteiger partial charge in [0.1, 0.15) is 17.9 Å². The summed E-state index contributed by atoms with van der Waals surface area (Å²) in [5.41, 5.74) is 12.0. The number of nitrogens with zero attached hydrogens (tertiary/aromatic N) is 2. The van der Waals surface area contributed by atoms with E-state index in [9.17, 15) is 14.7 Å². The maximum atomic E-state index is 10.6. The Morgan fingerprint density at radius 2 is 1.64 bits per heavy atom. The minimum atomic E-state index is -1.20. The van der Waals surface area contributed by atoms with Gasteiger partial charge in [-0.25, -0.2) is 9.13 Å². The van der Waals surface area contributed by atoms with E-state index in [1.165, 1.54) is 0 Å². The highest BCUT2D eigenvalue weighted by molar-refractivity contribution is 5.72. The smallest absolute Gasteiger partial charge is 0.320 e. The second-order valence-electron chi connectivity index (χ2n) is 6.70. The zero-order valence-corrected chi connectivity index (χ0v) is 16.5. The molecule has 1 rings (SSSR count). The molecule has 0 aliphatic carbocycles. The predicted octanol–water partition coefficient (Wildman–Crippen LogP) is -0.995. The molecule has 28 heavy (non-hydrogen) atoms. The molecule has 2 atom stereocenters. The summed E-state index contributed by atoms with van der Waals surface area (Å²) in [5, 5.41) is 26.7. The van der Waals surface area contributed by atoms with Gasteiger partial charge in [0.05, 0.1) is 19.1 Å². The van der Waals surface area contributed by atoms with E-state index < -0.39 is 30.0 Å². The van der Waals surface area contributed by atoms with E-state index in [1.54, 1.807) is 0 Å². The number of carbonyl (C=O) groups excluding carboxylic acids is 1. The Labute approximate surface area is 164 Å².